The number of halogens is 2. The van der Waals surface area contributed by atoms with Crippen LogP contribution in [0.15, 0.2) is 21.5 Å². The maximum atomic E-state index is 14.3. The Labute approximate surface area is 153 Å². The SMILES string of the molecule is CC(C)CCCOc1c(Br)c(F)cc2ncc3c(c12)n(C)c(=O)n3C. The monoisotopic (exact) mass is 409 g/mol. The second kappa shape index (κ2) is 6.78. The van der Waals surface area contributed by atoms with Gasteiger partial charge in [0.25, 0.3) is 0 Å². The number of benzene rings is 1. The fourth-order valence-electron chi connectivity index (χ4n) is 3.05. The maximum Gasteiger partial charge on any atom is 0.328 e. The van der Waals surface area contributed by atoms with Crippen molar-refractivity contribution in [2.24, 2.45) is 20.0 Å². The molecule has 0 bridgehead atoms. The molecule has 0 unspecified atom stereocenters. The number of pyridine rings is 1. The fourth-order valence-corrected chi connectivity index (χ4v) is 3.48. The van der Waals surface area contributed by atoms with Crippen molar-refractivity contribution in [3.8, 4) is 5.75 Å². The third-order valence-electron chi connectivity index (χ3n) is 4.40. The number of rotatable bonds is 5. The van der Waals surface area contributed by atoms with E-state index in [1.807, 2.05) is 0 Å². The average molecular weight is 410 g/mol. The van der Waals surface area contributed by atoms with Crippen LogP contribution >= 0.6 is 15.9 Å². The maximum absolute atomic E-state index is 14.3. The van der Waals surface area contributed by atoms with Gasteiger partial charge in [-0.1, -0.05) is 13.8 Å². The minimum absolute atomic E-state index is 0.157. The molecule has 0 aliphatic heterocycles. The van der Waals surface area contributed by atoms with E-state index in [1.165, 1.54) is 10.6 Å². The van der Waals surface area contributed by atoms with Gasteiger partial charge in [0.05, 0.1) is 39.2 Å². The molecule has 0 radical (unpaired) electrons. The van der Waals surface area contributed by atoms with Gasteiger partial charge in [0.1, 0.15) is 11.6 Å². The molecule has 5 nitrogen and oxygen atoms in total. The standard InChI is InChI=1S/C18H21BrFN3O2/c1-10(2)6-5-7-25-17-14-12(8-11(20)15(17)19)21-9-13-16(14)23(4)18(24)22(13)3/h8-10H,5-7H2,1-4H3. The Kier molecular flexibility index (Phi) is 4.86. The van der Waals surface area contributed by atoms with Crippen molar-refractivity contribution in [3.05, 3.63) is 33.0 Å². The van der Waals surface area contributed by atoms with Gasteiger partial charge in [-0.3, -0.25) is 14.1 Å². The van der Waals surface area contributed by atoms with Gasteiger partial charge in [0, 0.05) is 20.2 Å². The summed E-state index contributed by atoms with van der Waals surface area (Å²) >= 11 is 3.30. The van der Waals surface area contributed by atoms with Crippen LogP contribution in [0.1, 0.15) is 26.7 Å². The smallest absolute Gasteiger partial charge is 0.328 e. The Morgan fingerprint density at radius 3 is 2.72 bits per heavy atom. The number of nitrogens with zero attached hydrogens (tertiary/aromatic N) is 3. The zero-order chi connectivity index (χ0) is 18.3. The molecule has 0 spiro atoms. The van der Waals surface area contributed by atoms with Crippen LogP contribution < -0.4 is 10.4 Å². The predicted octanol–water partition coefficient (Wildman–Crippen LogP) is 4.14. The molecular formula is C18H21BrFN3O2. The van der Waals surface area contributed by atoms with Crippen molar-refractivity contribution in [1.29, 1.82) is 0 Å². The molecule has 25 heavy (non-hydrogen) atoms. The van der Waals surface area contributed by atoms with Crippen molar-refractivity contribution in [1.82, 2.24) is 14.1 Å². The predicted molar refractivity (Wildman–Crippen MR) is 101 cm³/mol. The molecule has 0 aliphatic carbocycles. The van der Waals surface area contributed by atoms with E-state index in [1.54, 1.807) is 24.9 Å². The van der Waals surface area contributed by atoms with Gasteiger partial charge >= 0.3 is 5.69 Å². The topological polar surface area (TPSA) is 49.1 Å². The summed E-state index contributed by atoms with van der Waals surface area (Å²) in [6.45, 7) is 4.79. The highest BCUT2D eigenvalue weighted by atomic mass is 79.9. The van der Waals surface area contributed by atoms with Gasteiger partial charge in [-0.15, -0.1) is 0 Å². The van der Waals surface area contributed by atoms with Crippen LogP contribution in [0.3, 0.4) is 0 Å². The number of aromatic nitrogens is 3. The van der Waals surface area contributed by atoms with E-state index in [9.17, 15) is 9.18 Å². The average Bonchev–Trinajstić information content (AvgIpc) is 2.78. The van der Waals surface area contributed by atoms with Crippen LogP contribution in [0.2, 0.25) is 0 Å². The quantitative estimate of drug-likeness (QED) is 0.594. The van der Waals surface area contributed by atoms with Crippen LogP contribution in [0.25, 0.3) is 21.9 Å². The molecule has 7 heteroatoms. The highest BCUT2D eigenvalue weighted by Crippen LogP contribution is 2.39. The molecule has 0 aliphatic rings. The third-order valence-corrected chi connectivity index (χ3v) is 5.14. The van der Waals surface area contributed by atoms with Gasteiger partial charge in [-0.05, 0) is 34.7 Å². The Morgan fingerprint density at radius 2 is 2.04 bits per heavy atom. The first kappa shape index (κ1) is 17.9. The summed E-state index contributed by atoms with van der Waals surface area (Å²) in [5.74, 6) is 0.553. The highest BCUT2D eigenvalue weighted by molar-refractivity contribution is 9.10. The molecule has 2 heterocycles. The highest BCUT2D eigenvalue weighted by Gasteiger charge is 2.20. The zero-order valence-electron chi connectivity index (χ0n) is 14.8. The number of hydrogen-bond acceptors (Lipinski definition) is 3. The zero-order valence-corrected chi connectivity index (χ0v) is 16.4. The normalized spacial score (nSPS) is 11.8. The Hall–Kier alpha value is -1.89. The van der Waals surface area contributed by atoms with Crippen LogP contribution in [0.4, 0.5) is 4.39 Å². The van der Waals surface area contributed by atoms with E-state index in [2.05, 4.69) is 34.8 Å². The minimum Gasteiger partial charge on any atom is -0.491 e. The summed E-state index contributed by atoms with van der Waals surface area (Å²) in [5, 5.41) is 0.649. The van der Waals surface area contributed by atoms with Gasteiger partial charge in [0.15, 0.2) is 0 Å². The summed E-state index contributed by atoms with van der Waals surface area (Å²) in [6.07, 6.45) is 3.50. The molecule has 0 amide bonds. The van der Waals surface area contributed by atoms with Gasteiger partial charge in [-0.2, -0.15) is 0 Å². The van der Waals surface area contributed by atoms with Gasteiger partial charge < -0.3 is 4.74 Å². The lowest BCUT2D eigenvalue weighted by atomic mass is 10.1. The van der Waals surface area contributed by atoms with Crippen molar-refractivity contribution >= 4 is 37.9 Å². The number of ether oxygens (including phenoxy) is 1. The summed E-state index contributed by atoms with van der Waals surface area (Å²) in [5.41, 5.74) is 1.69. The lowest BCUT2D eigenvalue weighted by Gasteiger charge is -2.14. The second-order valence-electron chi connectivity index (χ2n) is 6.67. The summed E-state index contributed by atoms with van der Waals surface area (Å²) in [4.78, 5) is 16.6. The summed E-state index contributed by atoms with van der Waals surface area (Å²) < 4.78 is 23.6. The van der Waals surface area contributed by atoms with Crippen molar-refractivity contribution < 1.29 is 9.13 Å². The Balaban J connectivity index is 2.22. The molecule has 0 saturated carbocycles. The molecule has 0 fully saturated rings. The second-order valence-corrected chi connectivity index (χ2v) is 7.47. The third kappa shape index (κ3) is 3.05. The van der Waals surface area contributed by atoms with Crippen LogP contribution in [0.5, 0.6) is 5.75 Å². The van der Waals surface area contributed by atoms with E-state index < -0.39 is 5.82 Å². The number of hydrogen-bond donors (Lipinski definition) is 0. The van der Waals surface area contributed by atoms with Crippen molar-refractivity contribution in [2.45, 2.75) is 26.7 Å². The van der Waals surface area contributed by atoms with Gasteiger partial charge in [0.2, 0.25) is 0 Å². The molecule has 3 rings (SSSR count). The van der Waals surface area contributed by atoms with Crippen LogP contribution in [-0.2, 0) is 14.1 Å². The molecule has 134 valence electrons. The minimum atomic E-state index is -0.431. The number of fused-ring (bicyclic) bond motifs is 3. The molecule has 0 saturated heterocycles. The lowest BCUT2D eigenvalue weighted by molar-refractivity contribution is 0.298. The molecule has 0 N–H and O–H groups in total. The molecule has 1 aromatic carbocycles. The number of aryl methyl sites for hydroxylation is 2. The van der Waals surface area contributed by atoms with E-state index in [0.717, 1.165) is 12.8 Å². The summed E-state index contributed by atoms with van der Waals surface area (Å²) in [7, 11) is 3.39. The lowest BCUT2D eigenvalue weighted by Crippen LogP contribution is -2.19. The molecule has 3 aromatic rings. The Bertz CT molecular complexity index is 1010. The fraction of sp³-hybridized carbons (Fsp3) is 0.444. The van der Waals surface area contributed by atoms with Crippen molar-refractivity contribution in [2.75, 3.05) is 6.61 Å². The van der Waals surface area contributed by atoms with Crippen molar-refractivity contribution in [3.63, 3.8) is 0 Å². The number of imidazole rings is 1. The molecular weight excluding hydrogens is 389 g/mol. The van der Waals surface area contributed by atoms with Crippen LogP contribution in [0, 0.1) is 11.7 Å². The van der Waals surface area contributed by atoms with E-state index in [0.29, 0.717) is 40.2 Å². The first-order valence-corrected chi connectivity index (χ1v) is 9.07. The van der Waals surface area contributed by atoms with Gasteiger partial charge in [-0.25, -0.2) is 9.18 Å². The van der Waals surface area contributed by atoms with E-state index >= 15 is 0 Å². The summed E-state index contributed by atoms with van der Waals surface area (Å²) in [6, 6.07) is 1.36. The first-order chi connectivity index (χ1) is 11.8. The molecule has 0 atom stereocenters. The largest absolute Gasteiger partial charge is 0.491 e. The van der Waals surface area contributed by atoms with E-state index in [4.69, 9.17) is 4.74 Å². The van der Waals surface area contributed by atoms with Crippen LogP contribution in [-0.4, -0.2) is 20.7 Å². The first-order valence-electron chi connectivity index (χ1n) is 8.27. The van der Waals surface area contributed by atoms with E-state index in [-0.39, 0.29) is 10.2 Å². The molecule has 2 aromatic heterocycles. The Morgan fingerprint density at radius 1 is 1.32 bits per heavy atom.